The minimum Gasteiger partial charge on any atom is -0.384 e. The molecule has 3 aromatic rings. The number of halogens is 3. The van der Waals surface area contributed by atoms with Crippen LogP contribution in [0.2, 0.25) is 8.67 Å². The van der Waals surface area contributed by atoms with Gasteiger partial charge < -0.3 is 5.11 Å². The first-order valence-electron chi connectivity index (χ1n) is 5.36. The highest BCUT2D eigenvalue weighted by molar-refractivity contribution is 9.10. The molecule has 98 valence electrons. The fourth-order valence-electron chi connectivity index (χ4n) is 1.96. The van der Waals surface area contributed by atoms with Crippen molar-refractivity contribution in [1.29, 1.82) is 0 Å². The Morgan fingerprint density at radius 3 is 2.68 bits per heavy atom. The molecule has 0 bridgehead atoms. The van der Waals surface area contributed by atoms with Crippen molar-refractivity contribution in [3.8, 4) is 0 Å². The van der Waals surface area contributed by atoms with E-state index in [1.165, 1.54) is 11.3 Å². The van der Waals surface area contributed by atoms with Gasteiger partial charge in [0.05, 0.1) is 4.34 Å². The van der Waals surface area contributed by atoms with Gasteiger partial charge in [0.1, 0.15) is 10.4 Å². The number of thiophene rings is 2. The third kappa shape index (κ3) is 2.46. The summed E-state index contributed by atoms with van der Waals surface area (Å²) in [5, 5.41) is 13.5. The van der Waals surface area contributed by atoms with Gasteiger partial charge in [-0.1, -0.05) is 35.3 Å². The van der Waals surface area contributed by atoms with E-state index in [9.17, 15) is 5.11 Å². The molecule has 0 spiro atoms. The molecule has 1 atom stereocenters. The van der Waals surface area contributed by atoms with E-state index < -0.39 is 6.10 Å². The predicted octanol–water partition coefficient (Wildman–Crippen LogP) is 6.11. The number of hydrogen-bond donors (Lipinski definition) is 1. The quantitative estimate of drug-likeness (QED) is 0.556. The van der Waals surface area contributed by atoms with Crippen molar-refractivity contribution < 1.29 is 5.11 Å². The van der Waals surface area contributed by atoms with Gasteiger partial charge in [0, 0.05) is 20.3 Å². The number of fused-ring (bicyclic) bond motifs is 1. The van der Waals surface area contributed by atoms with Crippen LogP contribution >= 0.6 is 61.8 Å². The van der Waals surface area contributed by atoms with Crippen molar-refractivity contribution in [2.75, 3.05) is 0 Å². The van der Waals surface area contributed by atoms with Gasteiger partial charge in [-0.25, -0.2) is 0 Å². The molecule has 1 aromatic carbocycles. The summed E-state index contributed by atoms with van der Waals surface area (Å²) in [6.07, 6.45) is -0.751. The zero-order valence-electron chi connectivity index (χ0n) is 9.36. The maximum atomic E-state index is 10.5. The van der Waals surface area contributed by atoms with Crippen molar-refractivity contribution in [2.45, 2.75) is 6.10 Å². The second kappa shape index (κ2) is 5.35. The zero-order valence-corrected chi connectivity index (χ0v) is 14.1. The number of benzene rings is 1. The molecule has 1 nitrogen and oxygen atoms in total. The van der Waals surface area contributed by atoms with Gasteiger partial charge in [0.25, 0.3) is 0 Å². The molecule has 1 N–H and O–H groups in total. The molecule has 0 saturated carbocycles. The Morgan fingerprint density at radius 1 is 1.21 bits per heavy atom. The van der Waals surface area contributed by atoms with Crippen LogP contribution in [0.15, 0.2) is 34.1 Å². The Hall–Kier alpha value is -0.100. The Labute approximate surface area is 136 Å². The highest BCUT2D eigenvalue weighted by atomic mass is 79.9. The van der Waals surface area contributed by atoms with E-state index in [4.69, 9.17) is 23.2 Å². The van der Waals surface area contributed by atoms with Crippen LogP contribution in [0, 0.1) is 0 Å². The van der Waals surface area contributed by atoms with Gasteiger partial charge in [0.15, 0.2) is 0 Å². The van der Waals surface area contributed by atoms with Crippen molar-refractivity contribution in [3.63, 3.8) is 0 Å². The molecule has 0 aliphatic heterocycles. The number of rotatable bonds is 2. The summed E-state index contributed by atoms with van der Waals surface area (Å²) in [6.45, 7) is 0. The van der Waals surface area contributed by atoms with E-state index in [1.807, 2.05) is 23.6 Å². The third-order valence-electron chi connectivity index (χ3n) is 2.85. The maximum absolute atomic E-state index is 10.5. The lowest BCUT2D eigenvalue weighted by Crippen LogP contribution is -1.97. The third-order valence-corrected chi connectivity index (χ3v) is 6.34. The molecule has 0 radical (unpaired) electrons. The van der Waals surface area contributed by atoms with Gasteiger partial charge in [-0.15, -0.1) is 22.7 Å². The second-order valence-corrected chi connectivity index (χ2v) is 8.01. The molecule has 19 heavy (non-hydrogen) atoms. The van der Waals surface area contributed by atoms with Crippen LogP contribution in [0.4, 0.5) is 0 Å². The van der Waals surface area contributed by atoms with Crippen LogP contribution in [-0.2, 0) is 0 Å². The lowest BCUT2D eigenvalue weighted by molar-refractivity contribution is 0.223. The Kier molecular flexibility index (Phi) is 3.91. The number of hydrogen-bond acceptors (Lipinski definition) is 3. The van der Waals surface area contributed by atoms with Crippen LogP contribution < -0.4 is 0 Å². The van der Waals surface area contributed by atoms with Gasteiger partial charge in [-0.2, -0.15) is 0 Å². The van der Waals surface area contributed by atoms with Gasteiger partial charge in [-0.05, 0) is 38.8 Å². The van der Waals surface area contributed by atoms with Crippen LogP contribution in [0.3, 0.4) is 0 Å². The topological polar surface area (TPSA) is 20.2 Å². The van der Waals surface area contributed by atoms with Crippen LogP contribution in [-0.4, -0.2) is 5.11 Å². The van der Waals surface area contributed by atoms with Crippen LogP contribution in [0.25, 0.3) is 10.1 Å². The molecule has 2 heterocycles. The summed E-state index contributed by atoms with van der Waals surface area (Å²) in [5.41, 5.74) is 1.52. The first kappa shape index (κ1) is 13.9. The Balaban J connectivity index is 2.14. The lowest BCUT2D eigenvalue weighted by Gasteiger charge is -2.09. The molecule has 0 amide bonds. The van der Waals surface area contributed by atoms with E-state index >= 15 is 0 Å². The van der Waals surface area contributed by atoms with E-state index in [2.05, 4.69) is 15.9 Å². The van der Waals surface area contributed by atoms with E-state index in [-0.39, 0.29) is 0 Å². The van der Waals surface area contributed by atoms with Crippen molar-refractivity contribution in [3.05, 3.63) is 53.9 Å². The van der Waals surface area contributed by atoms with Crippen LogP contribution in [0.1, 0.15) is 17.2 Å². The van der Waals surface area contributed by atoms with Crippen molar-refractivity contribution in [1.82, 2.24) is 0 Å². The first-order chi connectivity index (χ1) is 9.08. The number of aliphatic hydroxyl groups is 1. The zero-order chi connectivity index (χ0) is 13.6. The largest absolute Gasteiger partial charge is 0.384 e. The van der Waals surface area contributed by atoms with E-state index in [0.29, 0.717) is 14.2 Å². The summed E-state index contributed by atoms with van der Waals surface area (Å²) < 4.78 is 3.27. The molecular weight excluding hydrogens is 387 g/mol. The Bertz CT molecular complexity index is 750. The fourth-order valence-corrected chi connectivity index (χ4v) is 5.12. The summed E-state index contributed by atoms with van der Waals surface area (Å²) >= 11 is 18.4. The normalized spacial score (nSPS) is 13.1. The summed E-state index contributed by atoms with van der Waals surface area (Å²) in [5.74, 6) is 0. The molecule has 0 fully saturated rings. The average Bonchev–Trinajstić information content (AvgIpc) is 2.93. The first-order valence-corrected chi connectivity index (χ1v) is 8.61. The maximum Gasteiger partial charge on any atom is 0.108 e. The lowest BCUT2D eigenvalue weighted by atomic mass is 10.0. The number of aliphatic hydroxyl groups excluding tert-OH is 1. The molecule has 2 aromatic heterocycles. The van der Waals surface area contributed by atoms with Crippen LogP contribution in [0.5, 0.6) is 0 Å². The average molecular weight is 394 g/mol. The highest BCUT2D eigenvalue weighted by Crippen LogP contribution is 2.41. The molecule has 0 saturated heterocycles. The predicted molar refractivity (Wildman–Crippen MR) is 87.9 cm³/mol. The molecule has 6 heteroatoms. The summed E-state index contributed by atoms with van der Waals surface area (Å²) in [4.78, 5) is 0. The van der Waals surface area contributed by atoms with Crippen molar-refractivity contribution in [2.24, 2.45) is 0 Å². The molecule has 3 rings (SSSR count). The highest BCUT2D eigenvalue weighted by Gasteiger charge is 2.20. The summed E-state index contributed by atoms with van der Waals surface area (Å²) in [7, 11) is 0. The Morgan fingerprint density at radius 2 is 2.00 bits per heavy atom. The summed E-state index contributed by atoms with van der Waals surface area (Å²) in [6, 6.07) is 7.67. The minimum atomic E-state index is -0.751. The smallest absolute Gasteiger partial charge is 0.108 e. The molecule has 0 aliphatic carbocycles. The van der Waals surface area contributed by atoms with E-state index in [0.717, 1.165) is 20.1 Å². The molecular formula is C13H7BrCl2OS2. The van der Waals surface area contributed by atoms with Crippen molar-refractivity contribution >= 4 is 71.9 Å². The SMILES string of the molecule is OC(c1cc(Cl)sc1Cl)c1csc2c(Br)cccc12. The minimum absolute atomic E-state index is 0.534. The monoisotopic (exact) mass is 392 g/mol. The van der Waals surface area contributed by atoms with Gasteiger partial charge >= 0.3 is 0 Å². The van der Waals surface area contributed by atoms with Gasteiger partial charge in [0.2, 0.25) is 0 Å². The van der Waals surface area contributed by atoms with E-state index in [1.54, 1.807) is 17.4 Å². The van der Waals surface area contributed by atoms with Gasteiger partial charge in [-0.3, -0.25) is 0 Å². The fraction of sp³-hybridized carbons (Fsp3) is 0.0769. The molecule has 1 unspecified atom stereocenters. The molecule has 0 aliphatic rings. The second-order valence-electron chi connectivity index (χ2n) is 3.99. The standard InChI is InChI=1S/C13H7BrCl2OS2/c14-9-3-1-2-6-8(5-18-12(6)9)11(17)7-4-10(15)19-13(7)16/h1-5,11,17H.